The molecule has 4 amide bonds. The number of aromatic nitrogens is 1. The number of nitriles is 1. The molecule has 140 valence electrons. The van der Waals surface area contributed by atoms with Crippen LogP contribution in [0.25, 0.3) is 10.8 Å². The largest absolute Gasteiger partial charge is 0.335 e. The molecule has 1 aromatic heterocycles. The topological polar surface area (TPSA) is 97.6 Å². The van der Waals surface area contributed by atoms with Crippen LogP contribution in [0.1, 0.15) is 25.5 Å². The van der Waals surface area contributed by atoms with Gasteiger partial charge in [0.1, 0.15) is 17.8 Å². The second-order valence-electron chi connectivity index (χ2n) is 7.31. The molecule has 3 fully saturated rings. The van der Waals surface area contributed by atoms with Gasteiger partial charge in [0.2, 0.25) is 5.91 Å². The summed E-state index contributed by atoms with van der Waals surface area (Å²) in [6, 6.07) is 7.74. The molecule has 3 aliphatic rings. The number of carbonyl (C=O) groups excluding carboxylic acids is 3. The van der Waals surface area contributed by atoms with Crippen LogP contribution in [-0.2, 0) is 9.59 Å². The summed E-state index contributed by atoms with van der Waals surface area (Å²) >= 11 is 0. The van der Waals surface area contributed by atoms with Gasteiger partial charge in [0.15, 0.2) is 0 Å². The molecule has 2 bridgehead atoms. The molecule has 3 aliphatic heterocycles. The molecule has 4 heterocycles. The monoisotopic (exact) mass is 375 g/mol. The highest BCUT2D eigenvalue weighted by molar-refractivity contribution is 6.25. The molecule has 3 saturated heterocycles. The lowest BCUT2D eigenvalue weighted by Crippen LogP contribution is -2.54. The third-order valence-corrected chi connectivity index (χ3v) is 6.01. The van der Waals surface area contributed by atoms with Crippen molar-refractivity contribution in [2.75, 3.05) is 11.4 Å². The van der Waals surface area contributed by atoms with E-state index in [4.69, 9.17) is 0 Å². The van der Waals surface area contributed by atoms with Crippen LogP contribution in [0.3, 0.4) is 0 Å². The van der Waals surface area contributed by atoms with E-state index in [0.717, 1.165) is 0 Å². The fraction of sp³-hybridized carbons (Fsp3) is 0.350. The number of anilines is 1. The van der Waals surface area contributed by atoms with Gasteiger partial charge in [-0.2, -0.15) is 5.26 Å². The molecule has 1 unspecified atom stereocenters. The van der Waals surface area contributed by atoms with Crippen molar-refractivity contribution in [3.05, 3.63) is 36.2 Å². The number of nitrogens with zero attached hydrogens (tertiary/aromatic N) is 5. The molecule has 28 heavy (non-hydrogen) atoms. The summed E-state index contributed by atoms with van der Waals surface area (Å²) < 4.78 is 0. The van der Waals surface area contributed by atoms with Crippen molar-refractivity contribution in [2.45, 2.75) is 37.9 Å². The Morgan fingerprint density at radius 3 is 2.75 bits per heavy atom. The molecule has 0 spiro atoms. The maximum absolute atomic E-state index is 13.3. The van der Waals surface area contributed by atoms with Crippen LogP contribution in [0.4, 0.5) is 10.5 Å². The molecule has 0 saturated carbocycles. The molecule has 2 aromatic rings. The summed E-state index contributed by atoms with van der Waals surface area (Å²) in [5.74, 6) is -0.320. The van der Waals surface area contributed by atoms with E-state index in [2.05, 4.69) is 4.98 Å². The van der Waals surface area contributed by atoms with Crippen LogP contribution in [-0.4, -0.2) is 57.3 Å². The summed E-state index contributed by atoms with van der Waals surface area (Å²) in [5.41, 5.74) is 0.630. The normalized spacial score (nSPS) is 25.6. The fourth-order valence-electron chi connectivity index (χ4n) is 4.81. The minimum absolute atomic E-state index is 0.0105. The molecule has 8 heteroatoms. The first-order valence-electron chi connectivity index (χ1n) is 9.30. The molecule has 5 rings (SSSR count). The molecule has 1 aromatic carbocycles. The summed E-state index contributed by atoms with van der Waals surface area (Å²) in [7, 11) is 0. The van der Waals surface area contributed by atoms with Gasteiger partial charge in [0, 0.05) is 23.7 Å². The van der Waals surface area contributed by atoms with Crippen LogP contribution in [0.5, 0.6) is 0 Å². The third-order valence-electron chi connectivity index (χ3n) is 6.01. The number of likely N-dealkylation sites (tertiary alicyclic amines) is 1. The van der Waals surface area contributed by atoms with Crippen molar-refractivity contribution in [2.24, 2.45) is 0 Å². The van der Waals surface area contributed by atoms with Crippen LogP contribution >= 0.6 is 0 Å². The van der Waals surface area contributed by atoms with Gasteiger partial charge in [0.25, 0.3) is 5.91 Å². The van der Waals surface area contributed by atoms with E-state index >= 15 is 0 Å². The Labute approximate surface area is 160 Å². The zero-order valence-corrected chi connectivity index (χ0v) is 15.2. The van der Waals surface area contributed by atoms with Crippen LogP contribution in [0.15, 0.2) is 30.5 Å². The highest BCUT2D eigenvalue weighted by Gasteiger charge is 2.62. The van der Waals surface area contributed by atoms with E-state index in [1.54, 1.807) is 41.0 Å². The lowest BCUT2D eigenvalue weighted by Gasteiger charge is -2.34. The minimum atomic E-state index is -0.642. The van der Waals surface area contributed by atoms with Crippen LogP contribution < -0.4 is 4.90 Å². The van der Waals surface area contributed by atoms with Gasteiger partial charge in [-0.15, -0.1) is 0 Å². The quantitative estimate of drug-likeness (QED) is 0.743. The standard InChI is InChI=1S/C20H17N5O3/c1-2-17(26)23-10-11-7-15(23)18-19(27)25(20(28)24(11)18)16-9-22-14(8-21)12-5-3-4-6-13(12)16/h3-6,9,11,15,18H,2,7,10H2,1H3/t11-,15?,18-/m1/s1. The average Bonchev–Trinajstić information content (AvgIpc) is 3.38. The number of imide groups is 1. The number of amides is 4. The van der Waals surface area contributed by atoms with E-state index in [1.807, 2.05) is 6.07 Å². The predicted molar refractivity (Wildman–Crippen MR) is 99.2 cm³/mol. The maximum atomic E-state index is 13.3. The average molecular weight is 375 g/mol. The molecular formula is C20H17N5O3. The third kappa shape index (κ3) is 1.99. The molecule has 0 aliphatic carbocycles. The Hall–Kier alpha value is -3.47. The molecular weight excluding hydrogens is 358 g/mol. The zero-order valence-electron chi connectivity index (χ0n) is 15.2. The first-order chi connectivity index (χ1) is 13.6. The highest BCUT2D eigenvalue weighted by Crippen LogP contribution is 2.43. The van der Waals surface area contributed by atoms with E-state index in [9.17, 15) is 19.6 Å². The summed E-state index contributed by atoms with van der Waals surface area (Å²) in [6.45, 7) is 2.28. The molecule has 8 nitrogen and oxygen atoms in total. The SMILES string of the molecule is CCC(=O)N1C[C@H]2CC1[C@@H]1C(=O)N(c3cnc(C#N)c4ccccc34)C(=O)N21. The van der Waals surface area contributed by atoms with Gasteiger partial charge in [-0.3, -0.25) is 9.59 Å². The lowest BCUT2D eigenvalue weighted by atomic mass is 10.1. The van der Waals surface area contributed by atoms with Crippen molar-refractivity contribution in [3.8, 4) is 6.07 Å². The number of hydrogen-bond acceptors (Lipinski definition) is 5. The number of rotatable bonds is 2. The van der Waals surface area contributed by atoms with Crippen molar-refractivity contribution in [1.82, 2.24) is 14.8 Å². The molecule has 3 atom stereocenters. The van der Waals surface area contributed by atoms with Crippen molar-refractivity contribution < 1.29 is 14.4 Å². The number of hydrogen-bond donors (Lipinski definition) is 0. The van der Waals surface area contributed by atoms with Gasteiger partial charge in [0.05, 0.1) is 24.0 Å². The van der Waals surface area contributed by atoms with Crippen molar-refractivity contribution >= 4 is 34.3 Å². The fourth-order valence-corrected chi connectivity index (χ4v) is 4.81. The number of fused-ring (bicyclic) bond motifs is 6. The second kappa shape index (κ2) is 5.76. The Morgan fingerprint density at radius 1 is 1.29 bits per heavy atom. The number of piperazine rings is 1. The zero-order chi connectivity index (χ0) is 19.6. The number of pyridine rings is 1. The summed E-state index contributed by atoms with van der Waals surface area (Å²) in [6.07, 6.45) is 2.44. The minimum Gasteiger partial charge on any atom is -0.335 e. The summed E-state index contributed by atoms with van der Waals surface area (Å²) in [4.78, 5) is 47.4. The number of benzene rings is 1. The van der Waals surface area contributed by atoms with Crippen molar-refractivity contribution in [1.29, 1.82) is 5.26 Å². The van der Waals surface area contributed by atoms with Gasteiger partial charge < -0.3 is 9.80 Å². The van der Waals surface area contributed by atoms with Gasteiger partial charge in [-0.25, -0.2) is 14.7 Å². The maximum Gasteiger partial charge on any atom is 0.332 e. The number of urea groups is 1. The van der Waals surface area contributed by atoms with Crippen LogP contribution in [0.2, 0.25) is 0 Å². The Balaban J connectivity index is 1.59. The van der Waals surface area contributed by atoms with Gasteiger partial charge in [-0.05, 0) is 6.42 Å². The Kier molecular flexibility index (Phi) is 3.43. The molecule has 0 radical (unpaired) electrons. The Morgan fingerprint density at radius 2 is 2.04 bits per heavy atom. The van der Waals surface area contributed by atoms with Gasteiger partial charge in [-0.1, -0.05) is 31.2 Å². The number of carbonyl (C=O) groups is 3. The first kappa shape index (κ1) is 16.7. The van der Waals surface area contributed by atoms with Gasteiger partial charge >= 0.3 is 6.03 Å². The van der Waals surface area contributed by atoms with E-state index < -0.39 is 6.04 Å². The van der Waals surface area contributed by atoms with E-state index in [0.29, 0.717) is 35.8 Å². The Bertz CT molecular complexity index is 1090. The van der Waals surface area contributed by atoms with E-state index in [-0.39, 0.29) is 35.6 Å². The van der Waals surface area contributed by atoms with Crippen molar-refractivity contribution in [3.63, 3.8) is 0 Å². The molecule has 0 N–H and O–H groups in total. The second-order valence-corrected chi connectivity index (χ2v) is 7.31. The first-order valence-corrected chi connectivity index (χ1v) is 9.30. The predicted octanol–water partition coefficient (Wildman–Crippen LogP) is 1.64. The lowest BCUT2D eigenvalue weighted by molar-refractivity contribution is -0.135. The summed E-state index contributed by atoms with van der Waals surface area (Å²) in [5, 5.41) is 10.5. The van der Waals surface area contributed by atoms with E-state index in [1.165, 1.54) is 11.1 Å². The smallest absolute Gasteiger partial charge is 0.332 e. The highest BCUT2D eigenvalue weighted by atomic mass is 16.2. The van der Waals surface area contributed by atoms with Crippen LogP contribution in [0, 0.1) is 11.3 Å².